The third-order valence-electron chi connectivity index (χ3n) is 11.5. The summed E-state index contributed by atoms with van der Waals surface area (Å²) >= 11 is 0. The van der Waals surface area contributed by atoms with E-state index in [1.807, 2.05) is 50.2 Å². The Bertz CT molecular complexity index is 1870. The predicted molar refractivity (Wildman–Crippen MR) is 249 cm³/mol. The molecule has 0 spiro atoms. The first kappa shape index (κ1) is 49.2. The monoisotopic (exact) mass is 839 g/mol. The van der Waals surface area contributed by atoms with Crippen molar-refractivity contribution in [3.63, 3.8) is 0 Å². The van der Waals surface area contributed by atoms with Gasteiger partial charge in [-0.25, -0.2) is 0 Å². The average molecular weight is 839 g/mol. The van der Waals surface area contributed by atoms with Crippen LogP contribution in [0, 0.1) is 11.8 Å². The molecule has 0 aromatic heterocycles. The molecule has 0 unspecified atom stereocenters. The lowest BCUT2D eigenvalue weighted by molar-refractivity contribution is -0.150. The third-order valence-corrected chi connectivity index (χ3v) is 11.5. The number of piperidine rings is 2. The number of likely N-dealkylation sites (tertiary alicyclic amines) is 1. The zero-order valence-corrected chi connectivity index (χ0v) is 37.7. The molecule has 6 rings (SSSR count). The summed E-state index contributed by atoms with van der Waals surface area (Å²) in [5.41, 5.74) is 2.07. The number of esters is 2. The highest BCUT2D eigenvalue weighted by atomic mass is 16.5. The highest BCUT2D eigenvalue weighted by Crippen LogP contribution is 2.28. The van der Waals surface area contributed by atoms with Crippen molar-refractivity contribution in [1.82, 2.24) is 10.2 Å². The largest absolute Gasteiger partial charge is 0.494 e. The molecule has 0 bridgehead atoms. The molecule has 0 saturated carbocycles. The summed E-state index contributed by atoms with van der Waals surface area (Å²) in [4.78, 5) is 36.5. The Morgan fingerprint density at radius 1 is 0.623 bits per heavy atom. The highest BCUT2D eigenvalue weighted by Gasteiger charge is 2.26. The van der Waals surface area contributed by atoms with Crippen LogP contribution >= 0.6 is 0 Å². The first-order chi connectivity index (χ1) is 29.9. The lowest BCUT2D eigenvalue weighted by Gasteiger charge is -2.31. The quantitative estimate of drug-likeness (QED) is 0.0499. The van der Waals surface area contributed by atoms with Crippen LogP contribution in [0.25, 0.3) is 21.5 Å². The first-order valence-electron chi connectivity index (χ1n) is 23.4. The van der Waals surface area contributed by atoms with Crippen molar-refractivity contribution in [2.75, 3.05) is 52.6 Å². The molecular formula is C52H74N2O7. The van der Waals surface area contributed by atoms with Gasteiger partial charge in [-0.2, -0.15) is 0 Å². The van der Waals surface area contributed by atoms with Crippen molar-refractivity contribution in [1.29, 1.82) is 0 Å². The number of ether oxygens (including phenoxy) is 4. The maximum absolute atomic E-state index is 12.0. The fraction of sp³-hybridized carbons (Fsp3) is 0.558. The van der Waals surface area contributed by atoms with Crippen LogP contribution in [0.3, 0.4) is 0 Å². The minimum absolute atomic E-state index is 0.0194. The van der Waals surface area contributed by atoms with Gasteiger partial charge in [-0.05, 0) is 136 Å². The van der Waals surface area contributed by atoms with Gasteiger partial charge in [0.15, 0.2) is 6.29 Å². The minimum atomic E-state index is -0.0276. The highest BCUT2D eigenvalue weighted by molar-refractivity contribution is 5.98. The van der Waals surface area contributed by atoms with E-state index < -0.39 is 0 Å². The van der Waals surface area contributed by atoms with Gasteiger partial charge in [0.25, 0.3) is 0 Å². The molecule has 9 heteroatoms. The number of carbonyl (C=O) groups is 3. The SMILES string of the molecule is CCCCCCCOc1ccc2c(C=O)cccc2c1.CCCCCCCOc1ccc2c(CN3CCC(C(=O)OCC)CC3)cccc2c1.CCOC(=O)C1CCNCC1. The summed E-state index contributed by atoms with van der Waals surface area (Å²) < 4.78 is 21.9. The van der Waals surface area contributed by atoms with E-state index >= 15 is 0 Å². The molecular weight excluding hydrogens is 765 g/mol. The van der Waals surface area contributed by atoms with Crippen molar-refractivity contribution in [3.05, 3.63) is 83.9 Å². The second-order valence-corrected chi connectivity index (χ2v) is 16.3. The molecule has 2 aliphatic rings. The Morgan fingerprint density at radius 2 is 1.13 bits per heavy atom. The number of nitrogens with zero attached hydrogens (tertiary/aromatic N) is 1. The van der Waals surface area contributed by atoms with Crippen LogP contribution in [-0.4, -0.2) is 75.7 Å². The van der Waals surface area contributed by atoms with E-state index in [9.17, 15) is 14.4 Å². The number of nitrogens with one attached hydrogen (secondary N) is 1. The maximum atomic E-state index is 12.0. The van der Waals surface area contributed by atoms with Crippen molar-refractivity contribution < 1.29 is 33.3 Å². The zero-order valence-electron chi connectivity index (χ0n) is 37.7. The van der Waals surface area contributed by atoms with Crippen LogP contribution < -0.4 is 14.8 Å². The number of carbonyl (C=O) groups excluding carboxylic acids is 3. The second-order valence-electron chi connectivity index (χ2n) is 16.3. The van der Waals surface area contributed by atoms with Crippen molar-refractivity contribution in [2.45, 2.75) is 124 Å². The van der Waals surface area contributed by atoms with Crippen LogP contribution in [0.1, 0.15) is 134 Å². The van der Waals surface area contributed by atoms with Gasteiger partial charge < -0.3 is 24.3 Å². The molecule has 2 fully saturated rings. The van der Waals surface area contributed by atoms with Crippen molar-refractivity contribution >= 4 is 39.8 Å². The molecule has 4 aromatic carbocycles. The number of fused-ring (bicyclic) bond motifs is 2. The molecule has 9 nitrogen and oxygen atoms in total. The zero-order chi connectivity index (χ0) is 43.5. The van der Waals surface area contributed by atoms with E-state index in [2.05, 4.69) is 60.5 Å². The molecule has 2 aliphatic heterocycles. The maximum Gasteiger partial charge on any atom is 0.309 e. The molecule has 2 saturated heterocycles. The summed E-state index contributed by atoms with van der Waals surface area (Å²) in [5, 5.41) is 7.77. The number of hydrogen-bond acceptors (Lipinski definition) is 9. The predicted octanol–water partition coefficient (Wildman–Crippen LogP) is 11.5. The average Bonchev–Trinajstić information content (AvgIpc) is 3.29. The number of benzene rings is 4. The topological polar surface area (TPSA) is 103 Å². The first-order valence-corrected chi connectivity index (χ1v) is 23.4. The van der Waals surface area contributed by atoms with Gasteiger partial charge >= 0.3 is 11.9 Å². The minimum Gasteiger partial charge on any atom is -0.494 e. The van der Waals surface area contributed by atoms with E-state index in [-0.39, 0.29) is 23.8 Å². The van der Waals surface area contributed by atoms with E-state index in [4.69, 9.17) is 18.9 Å². The summed E-state index contributed by atoms with van der Waals surface area (Å²) in [7, 11) is 0. The molecule has 61 heavy (non-hydrogen) atoms. The molecule has 0 aliphatic carbocycles. The summed E-state index contributed by atoms with van der Waals surface area (Å²) in [6, 6.07) is 24.7. The van der Waals surface area contributed by atoms with E-state index in [1.165, 1.54) is 67.7 Å². The Kier molecular flexibility index (Phi) is 23.3. The molecule has 0 amide bonds. The molecule has 2 heterocycles. The van der Waals surface area contributed by atoms with Crippen LogP contribution in [0.15, 0.2) is 72.8 Å². The van der Waals surface area contributed by atoms with E-state index in [1.54, 1.807) is 0 Å². The number of hydrogen-bond donors (Lipinski definition) is 1. The fourth-order valence-corrected chi connectivity index (χ4v) is 7.97. The Hall–Kier alpha value is -4.47. The number of unbranched alkanes of at least 4 members (excludes halogenated alkanes) is 8. The van der Waals surface area contributed by atoms with E-state index in [0.29, 0.717) is 13.2 Å². The Morgan fingerprint density at radius 3 is 1.67 bits per heavy atom. The van der Waals surface area contributed by atoms with Crippen molar-refractivity contribution in [3.8, 4) is 11.5 Å². The second kappa shape index (κ2) is 28.9. The van der Waals surface area contributed by atoms with Gasteiger partial charge in [-0.1, -0.05) is 108 Å². The van der Waals surface area contributed by atoms with Crippen LogP contribution in [0.4, 0.5) is 0 Å². The van der Waals surface area contributed by atoms with Gasteiger partial charge in [0.05, 0.1) is 38.3 Å². The van der Waals surface area contributed by atoms with E-state index in [0.717, 1.165) is 119 Å². The molecule has 4 aromatic rings. The number of aldehydes is 1. The smallest absolute Gasteiger partial charge is 0.309 e. The van der Waals surface area contributed by atoms with Crippen molar-refractivity contribution in [2.24, 2.45) is 11.8 Å². The number of rotatable bonds is 21. The molecule has 1 N–H and O–H groups in total. The molecule has 0 atom stereocenters. The summed E-state index contributed by atoms with van der Waals surface area (Å²) in [5.74, 6) is 2.02. The molecule has 0 radical (unpaired) electrons. The van der Waals surface area contributed by atoms with Gasteiger partial charge in [-0.3, -0.25) is 19.3 Å². The Labute approximate surface area is 366 Å². The van der Waals surface area contributed by atoms with Gasteiger partial charge in [0.2, 0.25) is 0 Å². The molecule has 334 valence electrons. The summed E-state index contributed by atoms with van der Waals surface area (Å²) in [6.07, 6.45) is 17.0. The van der Waals surface area contributed by atoms with Gasteiger partial charge in [0.1, 0.15) is 11.5 Å². The van der Waals surface area contributed by atoms with Gasteiger partial charge in [-0.15, -0.1) is 0 Å². The standard InChI is InChI=1S/C26H37NO3.C18H22O2.C8H15NO2/c1-3-5-6-7-8-18-30-24-12-13-25-22(19-24)10-9-11-23(25)20-27-16-14-21(15-17-27)26(28)29-4-2;1-2-3-4-5-6-12-20-17-10-11-18-15(13-17)8-7-9-16(18)14-19;1-2-11-8(10)7-3-5-9-6-4-7/h9-13,19,21H,3-8,14-18,20H2,1-2H3;7-11,13-14H,2-6,12H2,1H3;7,9H,2-6H2,1H3. The fourth-order valence-electron chi connectivity index (χ4n) is 7.97. The van der Waals surface area contributed by atoms with Crippen LogP contribution in [0.5, 0.6) is 11.5 Å². The third kappa shape index (κ3) is 17.4. The van der Waals surface area contributed by atoms with Crippen LogP contribution in [-0.2, 0) is 25.6 Å². The normalized spacial score (nSPS) is 14.6. The Balaban J connectivity index is 0.000000226. The summed E-state index contributed by atoms with van der Waals surface area (Å²) in [6.45, 7) is 15.4. The van der Waals surface area contributed by atoms with Crippen LogP contribution in [0.2, 0.25) is 0 Å². The lowest BCUT2D eigenvalue weighted by Crippen LogP contribution is -2.36. The lowest BCUT2D eigenvalue weighted by atomic mass is 9.96. The van der Waals surface area contributed by atoms with Gasteiger partial charge in [0, 0.05) is 12.1 Å².